The molecule has 0 amide bonds. The Labute approximate surface area is 105 Å². The van der Waals surface area contributed by atoms with Gasteiger partial charge in [0, 0.05) is 18.2 Å². The van der Waals surface area contributed by atoms with E-state index in [1.807, 2.05) is 25.8 Å². The summed E-state index contributed by atoms with van der Waals surface area (Å²) in [5.41, 5.74) is 0.856. The van der Waals surface area contributed by atoms with Gasteiger partial charge >= 0.3 is 0 Å². The first-order valence-corrected chi connectivity index (χ1v) is 5.58. The van der Waals surface area contributed by atoms with Gasteiger partial charge in [0.05, 0.1) is 0 Å². The summed E-state index contributed by atoms with van der Waals surface area (Å²) >= 11 is 11.6. The number of hydrogen-bond acceptors (Lipinski definition) is 4. The van der Waals surface area contributed by atoms with Crippen LogP contribution in [0.15, 0.2) is 0 Å². The van der Waals surface area contributed by atoms with Crippen molar-refractivity contribution in [2.75, 3.05) is 7.05 Å². The molecule has 0 saturated heterocycles. The molecule has 0 atom stereocenters. The molecule has 88 valence electrons. The maximum Gasteiger partial charge on any atom is 0.224 e. The summed E-state index contributed by atoms with van der Waals surface area (Å²) in [5, 5.41) is 0.220. The predicted molar refractivity (Wildman–Crippen MR) is 64.0 cm³/mol. The quantitative estimate of drug-likeness (QED) is 0.475. The average Bonchev–Trinajstić information content (AvgIpc) is 2.21. The average molecular weight is 262 g/mol. The van der Waals surface area contributed by atoms with E-state index in [4.69, 9.17) is 23.2 Å². The van der Waals surface area contributed by atoms with E-state index in [9.17, 15) is 4.79 Å². The number of nitrogens with zero attached hydrogens (tertiary/aromatic N) is 3. The van der Waals surface area contributed by atoms with Crippen LogP contribution in [0.3, 0.4) is 0 Å². The SMILES string of the molecule is CC(C)N(C)Cc1c(Cl)nc(Cl)nc1C=O. The van der Waals surface area contributed by atoms with Gasteiger partial charge < -0.3 is 0 Å². The molecule has 0 aliphatic heterocycles. The van der Waals surface area contributed by atoms with Crippen molar-refractivity contribution in [2.24, 2.45) is 0 Å². The Morgan fingerprint density at radius 3 is 2.50 bits per heavy atom. The van der Waals surface area contributed by atoms with Crippen LogP contribution in [0, 0.1) is 0 Å². The molecule has 1 aromatic rings. The van der Waals surface area contributed by atoms with Crippen molar-refractivity contribution >= 4 is 29.5 Å². The molecule has 1 heterocycles. The van der Waals surface area contributed by atoms with E-state index in [0.717, 1.165) is 0 Å². The van der Waals surface area contributed by atoms with Gasteiger partial charge in [0.2, 0.25) is 5.28 Å². The summed E-state index contributed by atoms with van der Waals surface area (Å²) < 4.78 is 0. The minimum Gasteiger partial charge on any atom is -0.300 e. The fourth-order valence-electron chi connectivity index (χ4n) is 1.12. The normalized spacial score (nSPS) is 11.2. The number of aldehydes is 1. The molecular weight excluding hydrogens is 249 g/mol. The smallest absolute Gasteiger partial charge is 0.224 e. The van der Waals surface area contributed by atoms with Crippen LogP contribution >= 0.6 is 23.2 Å². The maximum absolute atomic E-state index is 10.9. The molecule has 4 nitrogen and oxygen atoms in total. The van der Waals surface area contributed by atoms with E-state index >= 15 is 0 Å². The number of halogens is 2. The maximum atomic E-state index is 10.9. The number of rotatable bonds is 4. The lowest BCUT2D eigenvalue weighted by Crippen LogP contribution is -2.26. The van der Waals surface area contributed by atoms with Crippen molar-refractivity contribution in [3.05, 3.63) is 21.7 Å². The van der Waals surface area contributed by atoms with Gasteiger partial charge in [-0.1, -0.05) is 11.6 Å². The molecule has 0 radical (unpaired) electrons. The van der Waals surface area contributed by atoms with Crippen molar-refractivity contribution in [1.29, 1.82) is 0 Å². The Hall–Kier alpha value is -0.710. The molecule has 0 bridgehead atoms. The first-order valence-electron chi connectivity index (χ1n) is 4.83. The highest BCUT2D eigenvalue weighted by molar-refractivity contribution is 6.32. The number of carbonyl (C=O) groups excluding carboxylic acids is 1. The van der Waals surface area contributed by atoms with Crippen LogP contribution in [0.1, 0.15) is 29.9 Å². The third kappa shape index (κ3) is 3.14. The van der Waals surface area contributed by atoms with Crippen LogP contribution in [-0.2, 0) is 6.54 Å². The highest BCUT2D eigenvalue weighted by atomic mass is 35.5. The van der Waals surface area contributed by atoms with Crippen molar-refractivity contribution in [3.63, 3.8) is 0 Å². The van der Waals surface area contributed by atoms with Gasteiger partial charge in [-0.25, -0.2) is 9.97 Å². The van der Waals surface area contributed by atoms with Crippen LogP contribution < -0.4 is 0 Å². The lowest BCUT2D eigenvalue weighted by Gasteiger charge is -2.21. The molecule has 0 saturated carbocycles. The molecule has 0 spiro atoms. The van der Waals surface area contributed by atoms with Crippen molar-refractivity contribution < 1.29 is 4.79 Å². The second-order valence-electron chi connectivity index (χ2n) is 3.77. The fraction of sp³-hybridized carbons (Fsp3) is 0.500. The number of carbonyl (C=O) groups is 1. The molecule has 1 aromatic heterocycles. The molecule has 0 aromatic carbocycles. The lowest BCUT2D eigenvalue weighted by atomic mass is 10.2. The van der Waals surface area contributed by atoms with Gasteiger partial charge in [-0.15, -0.1) is 0 Å². The summed E-state index contributed by atoms with van der Waals surface area (Å²) in [6, 6.07) is 0.339. The lowest BCUT2D eigenvalue weighted by molar-refractivity contribution is 0.111. The van der Waals surface area contributed by atoms with Crippen LogP contribution in [-0.4, -0.2) is 34.2 Å². The molecular formula is C10H13Cl2N3O. The van der Waals surface area contributed by atoms with E-state index < -0.39 is 0 Å². The first-order chi connectivity index (χ1) is 7.45. The molecule has 0 N–H and O–H groups in total. The van der Waals surface area contributed by atoms with Crippen LogP contribution in [0.25, 0.3) is 0 Å². The second-order valence-corrected chi connectivity index (χ2v) is 4.47. The van der Waals surface area contributed by atoms with Gasteiger partial charge in [-0.05, 0) is 32.5 Å². The number of hydrogen-bond donors (Lipinski definition) is 0. The van der Waals surface area contributed by atoms with Crippen molar-refractivity contribution in [1.82, 2.24) is 14.9 Å². The van der Waals surface area contributed by atoms with Crippen LogP contribution in [0.4, 0.5) is 0 Å². The van der Waals surface area contributed by atoms with E-state index in [1.54, 1.807) is 0 Å². The van der Waals surface area contributed by atoms with Crippen molar-refractivity contribution in [2.45, 2.75) is 26.4 Å². The van der Waals surface area contributed by atoms with Crippen LogP contribution in [0.2, 0.25) is 10.4 Å². The molecule has 16 heavy (non-hydrogen) atoms. The van der Waals surface area contributed by atoms with Gasteiger partial charge in [0.1, 0.15) is 10.8 Å². The zero-order chi connectivity index (χ0) is 12.3. The Bertz CT molecular complexity index is 396. The largest absolute Gasteiger partial charge is 0.300 e. The van der Waals surface area contributed by atoms with Gasteiger partial charge in [0.25, 0.3) is 0 Å². The van der Waals surface area contributed by atoms with Crippen molar-refractivity contribution in [3.8, 4) is 0 Å². The zero-order valence-corrected chi connectivity index (χ0v) is 10.9. The molecule has 0 fully saturated rings. The molecule has 0 unspecified atom stereocenters. The highest BCUT2D eigenvalue weighted by Gasteiger charge is 2.15. The zero-order valence-electron chi connectivity index (χ0n) is 9.37. The monoisotopic (exact) mass is 261 g/mol. The van der Waals surface area contributed by atoms with E-state index in [2.05, 4.69) is 9.97 Å². The molecule has 1 rings (SSSR count). The third-order valence-corrected chi connectivity index (χ3v) is 2.84. The summed E-state index contributed by atoms with van der Waals surface area (Å²) in [6.07, 6.45) is 0.642. The molecule has 0 aliphatic rings. The molecule has 0 aliphatic carbocycles. The minimum atomic E-state index is -0.0111. The minimum absolute atomic E-state index is 0.0111. The Balaban J connectivity index is 3.07. The Morgan fingerprint density at radius 2 is 2.00 bits per heavy atom. The van der Waals surface area contributed by atoms with E-state index in [1.165, 1.54) is 0 Å². The van der Waals surface area contributed by atoms with Gasteiger partial charge in [0.15, 0.2) is 6.29 Å². The van der Waals surface area contributed by atoms with E-state index in [-0.39, 0.29) is 16.1 Å². The van der Waals surface area contributed by atoms with Gasteiger partial charge in [-0.3, -0.25) is 9.69 Å². The number of aromatic nitrogens is 2. The summed E-state index contributed by atoms with van der Waals surface area (Å²) in [5.74, 6) is 0. The second kappa shape index (κ2) is 5.57. The van der Waals surface area contributed by atoms with Crippen LogP contribution in [0.5, 0.6) is 0 Å². The third-order valence-electron chi connectivity index (χ3n) is 2.36. The summed E-state index contributed by atoms with van der Waals surface area (Å²) in [6.45, 7) is 4.61. The summed E-state index contributed by atoms with van der Waals surface area (Å²) in [7, 11) is 1.93. The van der Waals surface area contributed by atoms with Gasteiger partial charge in [-0.2, -0.15) is 0 Å². The highest BCUT2D eigenvalue weighted by Crippen LogP contribution is 2.20. The standard InChI is InChI=1S/C10H13Cl2N3O/c1-6(2)15(3)4-7-8(5-16)13-10(12)14-9(7)11/h5-6H,4H2,1-3H3. The first kappa shape index (κ1) is 13.4. The van der Waals surface area contributed by atoms with E-state index in [0.29, 0.717) is 24.4 Å². The molecule has 6 heteroatoms. The Kier molecular flexibility index (Phi) is 4.65. The predicted octanol–water partition coefficient (Wildman–Crippen LogP) is 2.44. The summed E-state index contributed by atoms with van der Waals surface area (Å²) in [4.78, 5) is 20.6. The topological polar surface area (TPSA) is 46.1 Å². The Morgan fingerprint density at radius 1 is 1.38 bits per heavy atom. The fourth-order valence-corrected chi connectivity index (χ4v) is 1.58.